The van der Waals surface area contributed by atoms with Crippen molar-refractivity contribution in [2.24, 2.45) is 5.14 Å². The van der Waals surface area contributed by atoms with E-state index in [2.05, 4.69) is 20.5 Å². The van der Waals surface area contributed by atoms with Crippen molar-refractivity contribution in [3.63, 3.8) is 0 Å². The summed E-state index contributed by atoms with van der Waals surface area (Å²) in [6.45, 7) is 0. The second kappa shape index (κ2) is 7.49. The molecule has 7 nitrogen and oxygen atoms in total. The van der Waals surface area contributed by atoms with Gasteiger partial charge < -0.3 is 5.32 Å². The summed E-state index contributed by atoms with van der Waals surface area (Å²) in [5.41, 5.74) is 1.73. The Morgan fingerprint density at radius 3 is 2.55 bits per heavy atom. The van der Waals surface area contributed by atoms with Crippen molar-refractivity contribution in [1.29, 1.82) is 0 Å². The van der Waals surface area contributed by atoms with Crippen LogP contribution in [0.4, 0.5) is 10.2 Å². The zero-order chi connectivity index (χ0) is 20.5. The molecule has 1 fully saturated rings. The topological polar surface area (TPSA) is 111 Å². The van der Waals surface area contributed by atoms with Gasteiger partial charge in [-0.3, -0.25) is 4.98 Å². The van der Waals surface area contributed by atoms with Crippen LogP contribution in [0.1, 0.15) is 30.5 Å². The molecule has 0 atom stereocenters. The normalized spacial score (nSPS) is 15.5. The van der Waals surface area contributed by atoms with Crippen LogP contribution >= 0.6 is 0 Å². The summed E-state index contributed by atoms with van der Waals surface area (Å²) in [6.07, 6.45) is 4.09. The van der Waals surface area contributed by atoms with E-state index in [-0.39, 0.29) is 11.6 Å². The Morgan fingerprint density at radius 2 is 1.93 bits per heavy atom. The van der Waals surface area contributed by atoms with Crippen LogP contribution in [0, 0.1) is 5.82 Å². The van der Waals surface area contributed by atoms with E-state index < -0.39 is 15.6 Å². The van der Waals surface area contributed by atoms with E-state index in [0.29, 0.717) is 22.8 Å². The van der Waals surface area contributed by atoms with Crippen molar-refractivity contribution < 1.29 is 12.8 Å². The average molecular weight is 413 g/mol. The average Bonchev–Trinajstić information content (AvgIpc) is 2.65. The van der Waals surface area contributed by atoms with Gasteiger partial charge in [-0.05, 0) is 55.2 Å². The van der Waals surface area contributed by atoms with Crippen LogP contribution in [-0.2, 0) is 21.3 Å². The monoisotopic (exact) mass is 413 g/mol. The first-order chi connectivity index (χ1) is 13.8. The van der Waals surface area contributed by atoms with Crippen molar-refractivity contribution in [2.45, 2.75) is 30.6 Å². The number of pyridine rings is 1. The number of rotatable bonds is 6. The molecule has 2 aromatic heterocycles. The fourth-order valence-electron chi connectivity index (χ4n) is 3.54. The number of primary sulfonamides is 1. The molecule has 0 bridgehead atoms. The number of sulfonamides is 1. The van der Waals surface area contributed by atoms with Crippen molar-refractivity contribution in [1.82, 2.24) is 15.2 Å². The lowest BCUT2D eigenvalue weighted by Gasteiger charge is -2.42. The van der Waals surface area contributed by atoms with Gasteiger partial charge in [0.05, 0.1) is 17.0 Å². The Balaban J connectivity index is 1.56. The minimum atomic E-state index is -3.61. The van der Waals surface area contributed by atoms with E-state index in [0.717, 1.165) is 24.8 Å². The lowest BCUT2D eigenvalue weighted by atomic mass is 9.74. The maximum Gasteiger partial charge on any atom is 0.213 e. The highest BCUT2D eigenvalue weighted by atomic mass is 32.2. The highest BCUT2D eigenvalue weighted by Crippen LogP contribution is 2.43. The third-order valence-corrected chi connectivity index (χ3v) is 5.78. The molecule has 1 aromatic carbocycles. The van der Waals surface area contributed by atoms with Crippen LogP contribution < -0.4 is 10.5 Å². The van der Waals surface area contributed by atoms with Crippen molar-refractivity contribution >= 4 is 15.8 Å². The highest BCUT2D eigenvalue weighted by Gasteiger charge is 2.42. The molecular formula is C20H20FN5O2S. The molecule has 150 valence electrons. The number of aromatic nitrogens is 3. The quantitative estimate of drug-likeness (QED) is 0.643. The predicted molar refractivity (Wildman–Crippen MR) is 108 cm³/mol. The van der Waals surface area contributed by atoms with E-state index in [1.54, 1.807) is 42.6 Å². The Morgan fingerprint density at radius 1 is 1.10 bits per heavy atom. The summed E-state index contributed by atoms with van der Waals surface area (Å²) in [5.74, 6) is -0.0540. The molecule has 1 aliphatic carbocycles. The summed E-state index contributed by atoms with van der Waals surface area (Å²) in [5, 5.41) is 16.9. The van der Waals surface area contributed by atoms with E-state index in [1.807, 2.05) is 6.07 Å². The minimum absolute atomic E-state index is 0.244. The van der Waals surface area contributed by atoms with E-state index >= 15 is 0 Å². The Bertz CT molecular complexity index is 1130. The first-order valence-corrected chi connectivity index (χ1v) is 10.9. The third-order valence-electron chi connectivity index (χ3n) is 5.04. The summed E-state index contributed by atoms with van der Waals surface area (Å²) < 4.78 is 36.9. The van der Waals surface area contributed by atoms with E-state index in [4.69, 9.17) is 5.14 Å². The van der Waals surface area contributed by atoms with Crippen molar-refractivity contribution in [3.8, 4) is 11.3 Å². The van der Waals surface area contributed by atoms with Crippen molar-refractivity contribution in [3.05, 3.63) is 71.8 Å². The second-order valence-electron chi connectivity index (χ2n) is 7.21. The van der Waals surface area contributed by atoms with Crippen LogP contribution in [0.5, 0.6) is 0 Å². The number of hydrogen-bond acceptors (Lipinski definition) is 6. The van der Waals surface area contributed by atoms with Gasteiger partial charge in [-0.1, -0.05) is 18.2 Å². The summed E-state index contributed by atoms with van der Waals surface area (Å²) in [6, 6.07) is 13.5. The van der Waals surface area contributed by atoms with Gasteiger partial charge in [-0.2, -0.15) is 0 Å². The van der Waals surface area contributed by atoms with Gasteiger partial charge in [-0.25, -0.2) is 17.9 Å². The van der Waals surface area contributed by atoms with E-state index in [9.17, 15) is 12.8 Å². The van der Waals surface area contributed by atoms with E-state index in [1.165, 1.54) is 6.07 Å². The van der Waals surface area contributed by atoms with Gasteiger partial charge in [0.25, 0.3) is 0 Å². The number of anilines is 1. The van der Waals surface area contributed by atoms with Gasteiger partial charge in [-0.15, -0.1) is 10.2 Å². The van der Waals surface area contributed by atoms with Gasteiger partial charge in [0, 0.05) is 11.8 Å². The molecule has 29 heavy (non-hydrogen) atoms. The van der Waals surface area contributed by atoms with Gasteiger partial charge in [0.1, 0.15) is 17.3 Å². The minimum Gasteiger partial charge on any atom is -0.357 e. The summed E-state index contributed by atoms with van der Waals surface area (Å²) in [4.78, 5) is 4.23. The van der Waals surface area contributed by atoms with Crippen LogP contribution in [0.3, 0.4) is 0 Å². The number of nitrogens with one attached hydrogen (secondary N) is 1. The summed E-state index contributed by atoms with van der Waals surface area (Å²) in [7, 11) is -3.61. The van der Waals surface area contributed by atoms with Crippen molar-refractivity contribution in [2.75, 3.05) is 5.32 Å². The highest BCUT2D eigenvalue weighted by molar-refractivity contribution is 7.88. The predicted octanol–water partition coefficient (Wildman–Crippen LogP) is 2.96. The molecule has 9 heteroatoms. The molecular weight excluding hydrogens is 393 g/mol. The molecule has 3 aromatic rings. The molecule has 1 aliphatic rings. The third kappa shape index (κ3) is 4.25. The van der Waals surface area contributed by atoms with Crippen LogP contribution in [0.25, 0.3) is 11.3 Å². The van der Waals surface area contributed by atoms with Gasteiger partial charge in [0.15, 0.2) is 0 Å². The largest absolute Gasteiger partial charge is 0.357 e. The Labute approximate surface area is 168 Å². The Hall–Kier alpha value is -2.91. The van der Waals surface area contributed by atoms with Crippen LogP contribution in [-0.4, -0.2) is 23.6 Å². The molecule has 0 unspecified atom stereocenters. The molecule has 2 heterocycles. The smallest absolute Gasteiger partial charge is 0.213 e. The fourth-order valence-corrected chi connectivity index (χ4v) is 4.18. The first kappa shape index (κ1) is 19.4. The lowest BCUT2D eigenvalue weighted by Crippen LogP contribution is -2.43. The SMILES string of the molecule is NS(=O)(=O)Cc1cccc(-c2ccc(NC3(c4ncccc4F)CCC3)nn2)c1. The maximum absolute atomic E-state index is 14.3. The number of nitrogens with two attached hydrogens (primary N) is 1. The second-order valence-corrected chi connectivity index (χ2v) is 8.82. The molecule has 4 rings (SSSR count). The maximum atomic E-state index is 14.3. The zero-order valence-electron chi connectivity index (χ0n) is 15.5. The molecule has 0 amide bonds. The van der Waals surface area contributed by atoms with Crippen LogP contribution in [0.15, 0.2) is 54.7 Å². The summed E-state index contributed by atoms with van der Waals surface area (Å²) >= 11 is 0. The first-order valence-electron chi connectivity index (χ1n) is 9.17. The molecule has 1 saturated carbocycles. The number of hydrogen-bond donors (Lipinski definition) is 2. The fraction of sp³-hybridized carbons (Fsp3) is 0.250. The number of nitrogens with zero attached hydrogens (tertiary/aromatic N) is 3. The van der Waals surface area contributed by atoms with Gasteiger partial charge in [0.2, 0.25) is 10.0 Å². The molecule has 3 N–H and O–H groups in total. The van der Waals surface area contributed by atoms with Gasteiger partial charge >= 0.3 is 0 Å². The zero-order valence-corrected chi connectivity index (χ0v) is 16.4. The number of benzene rings is 1. The molecule has 0 aliphatic heterocycles. The number of halogens is 1. The van der Waals surface area contributed by atoms with Crippen LogP contribution in [0.2, 0.25) is 0 Å². The molecule has 0 saturated heterocycles. The lowest BCUT2D eigenvalue weighted by molar-refractivity contribution is 0.265. The molecule has 0 radical (unpaired) electrons. The Kier molecular flexibility index (Phi) is 5.01. The standard InChI is InChI=1S/C20H20FN5O2S/c21-16-6-2-11-23-19(16)20(9-3-10-20)24-18-8-7-17(25-26-18)15-5-1-4-14(12-15)13-29(22,27)28/h1-2,4-8,11-12H,3,9-10,13H2,(H,24,26)(H2,22,27,28). The molecule has 0 spiro atoms.